The molecule has 0 atom stereocenters. The number of piperidine rings is 1. The van der Waals surface area contributed by atoms with Crippen LogP contribution in [0.1, 0.15) is 71.6 Å². The fourth-order valence-electron chi connectivity index (χ4n) is 6.82. The van der Waals surface area contributed by atoms with Crippen molar-refractivity contribution in [2.75, 3.05) is 18.8 Å². The number of nitrogens with zero attached hydrogens (tertiary/aromatic N) is 1. The van der Waals surface area contributed by atoms with E-state index in [1.54, 1.807) is 0 Å². The molecule has 4 saturated carbocycles. The molecule has 5 aliphatic rings. The van der Waals surface area contributed by atoms with Crippen molar-refractivity contribution in [3.8, 4) is 0 Å². The first kappa shape index (κ1) is 20.4. The third-order valence-corrected chi connectivity index (χ3v) is 9.48. The van der Waals surface area contributed by atoms with E-state index >= 15 is 0 Å². The highest BCUT2D eigenvalue weighted by atomic mass is 32.2. The van der Waals surface area contributed by atoms with Crippen molar-refractivity contribution in [3.63, 3.8) is 0 Å². The molecule has 1 saturated heterocycles. The zero-order valence-electron chi connectivity index (χ0n) is 17.5. The molecule has 6 heteroatoms. The fraction of sp³-hybridized carbons (Fsp3) is 0.864. The second kappa shape index (κ2) is 7.75. The van der Waals surface area contributed by atoms with E-state index in [1.807, 2.05) is 17.9 Å². The lowest BCUT2D eigenvalue weighted by atomic mass is 9.48. The van der Waals surface area contributed by atoms with E-state index in [9.17, 15) is 13.2 Å². The number of allylic oxidation sites excluding steroid dienone is 1. The van der Waals surface area contributed by atoms with Crippen LogP contribution in [0.5, 0.6) is 0 Å². The van der Waals surface area contributed by atoms with Crippen LogP contribution in [0.4, 0.5) is 0 Å². The van der Waals surface area contributed by atoms with Crippen LogP contribution >= 0.6 is 0 Å². The standard InChI is InChI=1S/C22H36N2O3S/c1-3-8-28(26,27)23-20-4-6-24(7-5-20)21(25)9-16(2)22-13-17-10-18(14-22)12-19(11-17)15-22/h9,17-20,23H,3-8,10-15H2,1-2H3/b16-9+. The van der Waals surface area contributed by atoms with Crippen LogP contribution < -0.4 is 4.72 Å². The summed E-state index contributed by atoms with van der Waals surface area (Å²) >= 11 is 0. The third kappa shape index (κ3) is 4.18. The molecular weight excluding hydrogens is 372 g/mol. The van der Waals surface area contributed by atoms with Gasteiger partial charge >= 0.3 is 0 Å². The Morgan fingerprint density at radius 2 is 1.61 bits per heavy atom. The Labute approximate surface area is 170 Å². The second-order valence-corrected chi connectivity index (χ2v) is 11.9. The van der Waals surface area contributed by atoms with E-state index in [2.05, 4.69) is 11.6 Å². The van der Waals surface area contributed by atoms with Crippen molar-refractivity contribution in [1.29, 1.82) is 0 Å². The minimum absolute atomic E-state index is 0.0335. The summed E-state index contributed by atoms with van der Waals surface area (Å²) in [5, 5.41) is 0. The van der Waals surface area contributed by atoms with E-state index in [-0.39, 0.29) is 17.7 Å². The smallest absolute Gasteiger partial charge is 0.246 e. The van der Waals surface area contributed by atoms with Gasteiger partial charge in [0.25, 0.3) is 0 Å². The van der Waals surface area contributed by atoms with E-state index in [0.29, 0.717) is 37.8 Å². The Balaban J connectivity index is 1.34. The summed E-state index contributed by atoms with van der Waals surface area (Å²) in [4.78, 5) is 14.8. The Kier molecular flexibility index (Phi) is 5.64. The van der Waals surface area contributed by atoms with E-state index < -0.39 is 10.0 Å². The lowest BCUT2D eigenvalue weighted by Crippen LogP contribution is -2.48. The van der Waals surface area contributed by atoms with Crippen LogP contribution in [0, 0.1) is 23.2 Å². The summed E-state index contributed by atoms with van der Waals surface area (Å²) in [6.07, 6.45) is 12.1. The minimum atomic E-state index is -3.18. The quantitative estimate of drug-likeness (QED) is 0.685. The molecule has 4 aliphatic carbocycles. The van der Waals surface area contributed by atoms with Crippen LogP contribution in [-0.2, 0) is 14.8 Å². The lowest BCUT2D eigenvalue weighted by Gasteiger charge is -2.57. The van der Waals surface area contributed by atoms with Gasteiger partial charge in [-0.3, -0.25) is 4.79 Å². The molecule has 5 fully saturated rings. The van der Waals surface area contributed by atoms with Gasteiger partial charge in [-0.25, -0.2) is 13.1 Å². The number of carbonyl (C=O) groups is 1. The Morgan fingerprint density at radius 1 is 1.07 bits per heavy atom. The first-order valence-electron chi connectivity index (χ1n) is 11.3. The second-order valence-electron chi connectivity index (χ2n) is 10.1. The maximum atomic E-state index is 12.9. The molecule has 0 spiro atoms. The molecule has 28 heavy (non-hydrogen) atoms. The highest BCUT2D eigenvalue weighted by molar-refractivity contribution is 7.89. The van der Waals surface area contributed by atoms with Crippen LogP contribution in [0.3, 0.4) is 0 Å². The van der Waals surface area contributed by atoms with Gasteiger partial charge in [0.2, 0.25) is 15.9 Å². The Morgan fingerprint density at radius 3 is 2.11 bits per heavy atom. The number of sulfonamides is 1. The molecule has 1 aliphatic heterocycles. The average molecular weight is 409 g/mol. The van der Waals surface area contributed by atoms with Crippen molar-refractivity contribution in [1.82, 2.24) is 9.62 Å². The monoisotopic (exact) mass is 408 g/mol. The molecule has 5 nitrogen and oxygen atoms in total. The number of hydrogen-bond donors (Lipinski definition) is 1. The molecule has 4 bridgehead atoms. The third-order valence-electron chi connectivity index (χ3n) is 7.84. The largest absolute Gasteiger partial charge is 0.339 e. The van der Waals surface area contributed by atoms with Crippen molar-refractivity contribution >= 4 is 15.9 Å². The molecule has 1 N–H and O–H groups in total. The number of nitrogens with one attached hydrogen (secondary N) is 1. The summed E-state index contributed by atoms with van der Waals surface area (Å²) in [6, 6.07) is -0.0335. The summed E-state index contributed by atoms with van der Waals surface area (Å²) in [5.74, 6) is 2.96. The van der Waals surface area contributed by atoms with Gasteiger partial charge in [0.05, 0.1) is 5.75 Å². The molecule has 1 amide bonds. The number of amides is 1. The summed E-state index contributed by atoms with van der Waals surface area (Å²) in [7, 11) is -3.18. The molecule has 158 valence electrons. The van der Waals surface area contributed by atoms with Crippen LogP contribution in [0.15, 0.2) is 11.6 Å². The van der Waals surface area contributed by atoms with Crippen molar-refractivity contribution < 1.29 is 13.2 Å². The predicted molar refractivity (Wildman–Crippen MR) is 111 cm³/mol. The Hall–Kier alpha value is -0.880. The molecule has 1 heterocycles. The SMILES string of the molecule is CCCS(=O)(=O)NC1CCN(C(=O)/C=C(\C)C23CC4CC(CC(C4)C2)C3)CC1. The minimum Gasteiger partial charge on any atom is -0.339 e. The van der Waals surface area contributed by atoms with Crippen LogP contribution in [-0.4, -0.2) is 44.1 Å². The van der Waals surface area contributed by atoms with Gasteiger partial charge in [0.15, 0.2) is 0 Å². The van der Waals surface area contributed by atoms with Gasteiger partial charge in [-0.15, -0.1) is 0 Å². The number of hydrogen-bond acceptors (Lipinski definition) is 3. The number of carbonyl (C=O) groups excluding carboxylic acids is 1. The van der Waals surface area contributed by atoms with Gasteiger partial charge in [0.1, 0.15) is 0 Å². The van der Waals surface area contributed by atoms with Crippen molar-refractivity contribution in [3.05, 3.63) is 11.6 Å². The molecule has 0 radical (unpaired) electrons. The highest BCUT2D eigenvalue weighted by Gasteiger charge is 2.51. The number of rotatable bonds is 6. The lowest BCUT2D eigenvalue weighted by molar-refractivity contribution is -0.127. The molecule has 0 aromatic heterocycles. The van der Waals surface area contributed by atoms with Crippen LogP contribution in [0.2, 0.25) is 0 Å². The number of likely N-dealkylation sites (tertiary alicyclic amines) is 1. The average Bonchev–Trinajstić information content (AvgIpc) is 2.60. The maximum absolute atomic E-state index is 12.9. The normalized spacial score (nSPS) is 36.1. The topological polar surface area (TPSA) is 66.5 Å². The summed E-state index contributed by atoms with van der Waals surface area (Å²) < 4.78 is 26.7. The molecular formula is C22H36N2O3S. The van der Waals surface area contributed by atoms with Crippen molar-refractivity contribution in [2.24, 2.45) is 23.2 Å². The van der Waals surface area contributed by atoms with Gasteiger partial charge in [-0.2, -0.15) is 0 Å². The zero-order chi connectivity index (χ0) is 19.9. The van der Waals surface area contributed by atoms with Gasteiger partial charge in [-0.05, 0) is 87.9 Å². The highest BCUT2D eigenvalue weighted by Crippen LogP contribution is 2.62. The Bertz CT molecular complexity index is 700. The predicted octanol–water partition coefficient (Wildman–Crippen LogP) is 3.47. The first-order valence-corrected chi connectivity index (χ1v) is 12.9. The molecule has 0 aromatic carbocycles. The maximum Gasteiger partial charge on any atom is 0.246 e. The van der Waals surface area contributed by atoms with Gasteiger partial charge < -0.3 is 4.90 Å². The zero-order valence-corrected chi connectivity index (χ0v) is 18.3. The van der Waals surface area contributed by atoms with E-state index in [0.717, 1.165) is 17.8 Å². The molecule has 0 unspecified atom stereocenters. The van der Waals surface area contributed by atoms with E-state index in [4.69, 9.17) is 0 Å². The molecule has 5 rings (SSSR count). The molecule has 0 aromatic rings. The summed E-state index contributed by atoms with van der Waals surface area (Å²) in [5.41, 5.74) is 1.60. The van der Waals surface area contributed by atoms with E-state index in [1.165, 1.54) is 44.1 Å². The first-order chi connectivity index (χ1) is 13.3. The van der Waals surface area contributed by atoms with Gasteiger partial charge in [0, 0.05) is 25.2 Å². The fourth-order valence-corrected chi connectivity index (χ4v) is 8.22. The summed E-state index contributed by atoms with van der Waals surface area (Å²) in [6.45, 7) is 5.35. The van der Waals surface area contributed by atoms with Crippen molar-refractivity contribution in [2.45, 2.75) is 77.7 Å². The van der Waals surface area contributed by atoms with Crippen LogP contribution in [0.25, 0.3) is 0 Å². The van der Waals surface area contributed by atoms with Gasteiger partial charge in [-0.1, -0.05) is 12.5 Å².